The molecule has 3 heteroatoms. The second kappa shape index (κ2) is 46.2. The highest BCUT2D eigenvalue weighted by atomic mass is 16.5. The first-order valence-corrected chi connectivity index (χ1v) is 23.2. The van der Waals surface area contributed by atoms with Crippen molar-refractivity contribution in [3.63, 3.8) is 0 Å². The third-order valence-corrected chi connectivity index (χ3v) is 10.7. The Bertz CT molecular complexity index is 644. The Hall–Kier alpha value is -0.830. The van der Waals surface area contributed by atoms with Gasteiger partial charge in [0.2, 0.25) is 0 Å². The third-order valence-electron chi connectivity index (χ3n) is 10.7. The summed E-state index contributed by atoms with van der Waals surface area (Å²) in [7, 11) is 0. The van der Waals surface area contributed by atoms with Crippen molar-refractivity contribution >= 4 is 5.97 Å². The molecule has 50 heavy (non-hydrogen) atoms. The molecule has 0 aliphatic rings. The number of hydrogen-bond acceptors (Lipinski definition) is 3. The summed E-state index contributed by atoms with van der Waals surface area (Å²) < 4.78 is 5.47. The fourth-order valence-corrected chi connectivity index (χ4v) is 7.23. The molecular formula is C47H92O3. The van der Waals surface area contributed by atoms with Gasteiger partial charge in [0.1, 0.15) is 0 Å². The molecule has 0 fully saturated rings. The standard InChI is InChI=1S/C47H92O3/c1-2-3-4-5-6-7-8-9-23-26-29-32-35-38-41-44-47(49)50-46-43-40-37-34-31-28-25-22-20-18-16-14-12-10-11-13-15-17-19-21-24-27-30-33-36-39-42-45-48/h9,23,48H,2-8,10-22,24-46H2,1H3/b23-9-. The van der Waals surface area contributed by atoms with Gasteiger partial charge in [-0.25, -0.2) is 0 Å². The van der Waals surface area contributed by atoms with Crippen LogP contribution in [0.1, 0.15) is 270 Å². The molecule has 0 heterocycles. The number of allylic oxidation sites excluding steroid dienone is 2. The van der Waals surface area contributed by atoms with E-state index in [0.717, 1.165) is 25.7 Å². The van der Waals surface area contributed by atoms with Crippen LogP contribution in [0, 0.1) is 0 Å². The molecule has 0 rings (SSSR count). The maximum atomic E-state index is 12.0. The molecule has 0 spiro atoms. The van der Waals surface area contributed by atoms with E-state index in [2.05, 4.69) is 19.1 Å². The Morgan fingerprint density at radius 3 is 1.00 bits per heavy atom. The van der Waals surface area contributed by atoms with Crippen LogP contribution >= 0.6 is 0 Å². The van der Waals surface area contributed by atoms with Gasteiger partial charge in [0.25, 0.3) is 0 Å². The summed E-state index contributed by atoms with van der Waals surface area (Å²) in [6, 6.07) is 0. The van der Waals surface area contributed by atoms with Gasteiger partial charge in [-0.1, -0.05) is 231 Å². The van der Waals surface area contributed by atoms with Crippen molar-refractivity contribution in [2.24, 2.45) is 0 Å². The Balaban J connectivity index is 3.15. The van der Waals surface area contributed by atoms with Gasteiger partial charge in [-0.15, -0.1) is 0 Å². The quantitative estimate of drug-likeness (QED) is 0.0390. The molecule has 0 aliphatic carbocycles. The maximum absolute atomic E-state index is 12.0. The zero-order valence-corrected chi connectivity index (χ0v) is 34.3. The predicted octanol–water partition coefficient (Wildman–Crippen LogP) is 16.1. The molecule has 0 saturated carbocycles. The van der Waals surface area contributed by atoms with Crippen LogP contribution in [0.3, 0.4) is 0 Å². The Labute approximate surface area is 315 Å². The van der Waals surface area contributed by atoms with Crippen LogP contribution in [0.15, 0.2) is 12.2 Å². The SMILES string of the molecule is CCCCCCCC/C=C\CCCCCCCC(=O)OCCCCCCCCCCCCCCCCCCCCCCCCCCCCCO. The molecule has 0 unspecified atom stereocenters. The van der Waals surface area contributed by atoms with Gasteiger partial charge in [-0.05, 0) is 44.9 Å². The van der Waals surface area contributed by atoms with Gasteiger partial charge in [-0.2, -0.15) is 0 Å². The van der Waals surface area contributed by atoms with E-state index >= 15 is 0 Å². The lowest BCUT2D eigenvalue weighted by molar-refractivity contribution is -0.143. The largest absolute Gasteiger partial charge is 0.466 e. The lowest BCUT2D eigenvalue weighted by atomic mass is 10.0. The van der Waals surface area contributed by atoms with Crippen LogP contribution in [0.5, 0.6) is 0 Å². The van der Waals surface area contributed by atoms with E-state index in [9.17, 15) is 4.79 Å². The van der Waals surface area contributed by atoms with Crippen molar-refractivity contribution in [3.8, 4) is 0 Å². The zero-order chi connectivity index (χ0) is 36.1. The van der Waals surface area contributed by atoms with Crippen LogP contribution in [-0.4, -0.2) is 24.3 Å². The first-order valence-electron chi connectivity index (χ1n) is 23.2. The van der Waals surface area contributed by atoms with Crippen LogP contribution < -0.4 is 0 Å². The minimum absolute atomic E-state index is 0.0171. The number of rotatable bonds is 44. The van der Waals surface area contributed by atoms with E-state index in [1.807, 2.05) is 0 Å². The van der Waals surface area contributed by atoms with Crippen molar-refractivity contribution in [1.82, 2.24) is 0 Å². The highest BCUT2D eigenvalue weighted by Gasteiger charge is 2.03. The molecule has 298 valence electrons. The topological polar surface area (TPSA) is 46.5 Å². The molecule has 0 atom stereocenters. The predicted molar refractivity (Wildman–Crippen MR) is 222 cm³/mol. The van der Waals surface area contributed by atoms with E-state index in [1.54, 1.807) is 0 Å². The summed E-state index contributed by atoms with van der Waals surface area (Å²) in [5.41, 5.74) is 0. The molecule has 0 bridgehead atoms. The number of aliphatic hydroxyl groups excluding tert-OH is 1. The number of esters is 1. The van der Waals surface area contributed by atoms with Gasteiger partial charge in [0, 0.05) is 13.0 Å². The summed E-state index contributed by atoms with van der Waals surface area (Å²) in [5.74, 6) is 0.0171. The molecule has 0 aromatic rings. The van der Waals surface area contributed by atoms with Gasteiger partial charge in [0.15, 0.2) is 0 Å². The van der Waals surface area contributed by atoms with E-state index in [4.69, 9.17) is 9.84 Å². The molecule has 0 amide bonds. The normalized spacial score (nSPS) is 11.6. The molecule has 3 nitrogen and oxygen atoms in total. The highest BCUT2D eigenvalue weighted by molar-refractivity contribution is 5.69. The molecule has 0 radical (unpaired) electrons. The van der Waals surface area contributed by atoms with Gasteiger partial charge < -0.3 is 9.84 Å². The number of aliphatic hydroxyl groups is 1. The Morgan fingerprint density at radius 2 is 0.660 bits per heavy atom. The van der Waals surface area contributed by atoms with Crippen molar-refractivity contribution in [1.29, 1.82) is 0 Å². The molecular weight excluding hydrogens is 613 g/mol. The van der Waals surface area contributed by atoms with Gasteiger partial charge >= 0.3 is 5.97 Å². The Kier molecular flexibility index (Phi) is 45.4. The summed E-state index contributed by atoms with van der Waals surface area (Å²) >= 11 is 0. The minimum atomic E-state index is 0.0171. The van der Waals surface area contributed by atoms with E-state index in [-0.39, 0.29) is 5.97 Å². The van der Waals surface area contributed by atoms with Crippen LogP contribution in [0.4, 0.5) is 0 Å². The van der Waals surface area contributed by atoms with Crippen LogP contribution in [0.25, 0.3) is 0 Å². The summed E-state index contributed by atoms with van der Waals surface area (Å²) in [6.07, 6.45) is 59.1. The summed E-state index contributed by atoms with van der Waals surface area (Å²) in [6.45, 7) is 3.27. The monoisotopic (exact) mass is 705 g/mol. The molecule has 0 aromatic carbocycles. The average Bonchev–Trinajstić information content (AvgIpc) is 3.12. The minimum Gasteiger partial charge on any atom is -0.466 e. The summed E-state index contributed by atoms with van der Waals surface area (Å²) in [4.78, 5) is 12.0. The Morgan fingerprint density at radius 1 is 0.380 bits per heavy atom. The van der Waals surface area contributed by atoms with Crippen molar-refractivity contribution in [2.75, 3.05) is 13.2 Å². The molecule has 0 saturated heterocycles. The zero-order valence-electron chi connectivity index (χ0n) is 34.3. The van der Waals surface area contributed by atoms with E-state index in [0.29, 0.717) is 19.6 Å². The van der Waals surface area contributed by atoms with Crippen molar-refractivity contribution in [3.05, 3.63) is 12.2 Å². The fourth-order valence-electron chi connectivity index (χ4n) is 7.23. The van der Waals surface area contributed by atoms with E-state index in [1.165, 1.54) is 231 Å². The third kappa shape index (κ3) is 45.2. The van der Waals surface area contributed by atoms with Gasteiger partial charge in [0.05, 0.1) is 6.61 Å². The number of carbonyl (C=O) groups is 1. The van der Waals surface area contributed by atoms with Crippen LogP contribution in [-0.2, 0) is 9.53 Å². The number of hydrogen-bond donors (Lipinski definition) is 1. The first-order chi connectivity index (χ1) is 24.8. The second-order valence-electron chi connectivity index (χ2n) is 15.8. The van der Waals surface area contributed by atoms with Crippen LogP contribution in [0.2, 0.25) is 0 Å². The average molecular weight is 705 g/mol. The molecule has 0 aliphatic heterocycles. The summed E-state index contributed by atoms with van der Waals surface area (Å²) in [5, 5.41) is 8.81. The first kappa shape index (κ1) is 49.2. The highest BCUT2D eigenvalue weighted by Crippen LogP contribution is 2.17. The second-order valence-corrected chi connectivity index (χ2v) is 15.8. The van der Waals surface area contributed by atoms with Crippen molar-refractivity contribution < 1.29 is 14.6 Å². The number of unbranched alkanes of at least 4 members (excludes halogenated alkanes) is 37. The van der Waals surface area contributed by atoms with Crippen molar-refractivity contribution in [2.45, 2.75) is 270 Å². The number of carbonyl (C=O) groups excluding carboxylic acids is 1. The van der Waals surface area contributed by atoms with E-state index < -0.39 is 0 Å². The number of ether oxygens (including phenoxy) is 1. The molecule has 0 aromatic heterocycles. The fraction of sp³-hybridized carbons (Fsp3) is 0.936. The smallest absolute Gasteiger partial charge is 0.305 e. The van der Waals surface area contributed by atoms with Gasteiger partial charge in [-0.3, -0.25) is 4.79 Å². The lowest BCUT2D eigenvalue weighted by Crippen LogP contribution is -2.05. The molecule has 1 N–H and O–H groups in total. The lowest BCUT2D eigenvalue weighted by Gasteiger charge is -2.06. The maximum Gasteiger partial charge on any atom is 0.305 e.